The molecule has 2 aliphatic heterocycles. The molecule has 1 aromatic carbocycles. The summed E-state index contributed by atoms with van der Waals surface area (Å²) < 4.78 is 33.9. The molecule has 0 radical (unpaired) electrons. The van der Waals surface area contributed by atoms with Crippen molar-refractivity contribution in [2.45, 2.75) is 56.8 Å². The summed E-state index contributed by atoms with van der Waals surface area (Å²) in [6, 6.07) is 7.37. The van der Waals surface area contributed by atoms with Crippen molar-refractivity contribution in [1.82, 2.24) is 19.4 Å². The van der Waals surface area contributed by atoms with Crippen molar-refractivity contribution in [2.75, 3.05) is 33.2 Å². The van der Waals surface area contributed by atoms with Gasteiger partial charge in [0.2, 0.25) is 21.8 Å². The fourth-order valence-corrected chi connectivity index (χ4v) is 6.49. The quantitative estimate of drug-likeness (QED) is 0.698. The van der Waals surface area contributed by atoms with Crippen LogP contribution >= 0.6 is 0 Å². The third-order valence-corrected chi connectivity index (χ3v) is 8.63. The number of nitrogens with zero attached hydrogens (tertiary/aromatic N) is 4. The van der Waals surface area contributed by atoms with Crippen LogP contribution in [0.4, 0.5) is 0 Å². The minimum Gasteiger partial charge on any atom is -0.425 e. The summed E-state index contributed by atoms with van der Waals surface area (Å²) >= 11 is 0. The topological polar surface area (TPSA) is 79.5 Å². The van der Waals surface area contributed by atoms with Crippen LogP contribution in [-0.2, 0) is 22.9 Å². The molecule has 2 aromatic rings. The van der Waals surface area contributed by atoms with E-state index in [2.05, 4.69) is 29.1 Å². The lowest BCUT2D eigenvalue weighted by Crippen LogP contribution is -2.45. The molecule has 0 aliphatic carbocycles. The summed E-state index contributed by atoms with van der Waals surface area (Å²) in [4.78, 5) is 2.69. The van der Waals surface area contributed by atoms with Gasteiger partial charge < -0.3 is 9.32 Å². The Balaban J connectivity index is 1.50. The number of aryl methyl sites for hydroxylation is 2. The van der Waals surface area contributed by atoms with Crippen LogP contribution in [0.15, 0.2) is 33.6 Å². The van der Waals surface area contributed by atoms with Crippen LogP contribution in [0.1, 0.15) is 56.4 Å². The van der Waals surface area contributed by atoms with Gasteiger partial charge in [0.15, 0.2) is 0 Å². The van der Waals surface area contributed by atoms with E-state index >= 15 is 0 Å². The van der Waals surface area contributed by atoms with E-state index in [1.807, 2.05) is 19.1 Å². The lowest BCUT2D eigenvalue weighted by atomic mass is 9.71. The number of sulfonamides is 1. The molecular formula is C22H32N4O3S. The monoisotopic (exact) mass is 432 g/mol. The first-order valence-electron chi connectivity index (χ1n) is 11.0. The van der Waals surface area contributed by atoms with Gasteiger partial charge in [-0.25, -0.2) is 8.42 Å². The second-order valence-corrected chi connectivity index (χ2v) is 10.7. The van der Waals surface area contributed by atoms with Crippen molar-refractivity contribution < 1.29 is 12.8 Å². The maximum Gasteiger partial charge on any atom is 0.243 e. The fourth-order valence-electron chi connectivity index (χ4n) is 5.05. The highest BCUT2D eigenvalue weighted by Gasteiger charge is 2.51. The molecule has 4 rings (SSSR count). The molecule has 1 spiro atoms. The minimum atomic E-state index is -3.47. The molecule has 30 heavy (non-hydrogen) atoms. The predicted molar refractivity (Wildman–Crippen MR) is 115 cm³/mol. The zero-order valence-electron chi connectivity index (χ0n) is 18.2. The highest BCUT2D eigenvalue weighted by atomic mass is 32.2. The van der Waals surface area contributed by atoms with Gasteiger partial charge in [-0.2, -0.15) is 4.31 Å². The first-order valence-corrected chi connectivity index (χ1v) is 12.4. The molecule has 7 nitrogen and oxygen atoms in total. The summed E-state index contributed by atoms with van der Waals surface area (Å²) in [5.41, 5.74) is 1.17. The SMILES string of the molecule is CCCc1ccc(S(=O)(=O)N2CCC3(CC2)CN(C)CC3c2nnc(CC)o2)cc1. The predicted octanol–water partition coefficient (Wildman–Crippen LogP) is 3.08. The van der Waals surface area contributed by atoms with Crippen molar-refractivity contribution in [3.63, 3.8) is 0 Å². The summed E-state index contributed by atoms with van der Waals surface area (Å²) in [5.74, 6) is 1.54. The Labute approximate surface area is 179 Å². The summed E-state index contributed by atoms with van der Waals surface area (Å²) in [6.07, 6.45) is 4.36. The molecule has 0 bridgehead atoms. The number of aromatic nitrogens is 2. The van der Waals surface area contributed by atoms with Crippen LogP contribution in [-0.4, -0.2) is 61.0 Å². The van der Waals surface area contributed by atoms with E-state index in [-0.39, 0.29) is 11.3 Å². The van der Waals surface area contributed by atoms with Crippen molar-refractivity contribution >= 4 is 10.0 Å². The summed E-state index contributed by atoms with van der Waals surface area (Å²) in [7, 11) is -1.36. The Morgan fingerprint density at radius 3 is 2.43 bits per heavy atom. The highest BCUT2D eigenvalue weighted by molar-refractivity contribution is 7.89. The maximum atomic E-state index is 13.2. The molecule has 3 heterocycles. The normalized spacial score (nSPS) is 22.7. The van der Waals surface area contributed by atoms with Gasteiger partial charge in [0.25, 0.3) is 0 Å². The smallest absolute Gasteiger partial charge is 0.243 e. The molecule has 1 atom stereocenters. The van der Waals surface area contributed by atoms with Gasteiger partial charge in [-0.15, -0.1) is 10.2 Å². The van der Waals surface area contributed by atoms with Gasteiger partial charge in [-0.3, -0.25) is 0 Å². The van der Waals surface area contributed by atoms with Crippen LogP contribution in [0.25, 0.3) is 0 Å². The summed E-state index contributed by atoms with van der Waals surface area (Å²) in [6.45, 7) is 6.99. The van der Waals surface area contributed by atoms with E-state index in [0.29, 0.717) is 29.8 Å². The largest absolute Gasteiger partial charge is 0.425 e. The van der Waals surface area contributed by atoms with E-state index in [4.69, 9.17) is 4.42 Å². The maximum absolute atomic E-state index is 13.2. The molecule has 0 amide bonds. The average Bonchev–Trinajstić information content (AvgIpc) is 3.33. The molecule has 0 N–H and O–H groups in total. The number of rotatable bonds is 6. The van der Waals surface area contributed by atoms with E-state index in [0.717, 1.165) is 45.2 Å². The van der Waals surface area contributed by atoms with Crippen molar-refractivity contribution in [2.24, 2.45) is 5.41 Å². The molecule has 164 valence electrons. The van der Waals surface area contributed by atoms with Crippen LogP contribution in [0.3, 0.4) is 0 Å². The Hall–Kier alpha value is -1.77. The Morgan fingerprint density at radius 1 is 1.13 bits per heavy atom. The number of likely N-dealkylation sites (tertiary alicyclic amines) is 1. The number of piperidine rings is 1. The molecule has 2 saturated heterocycles. The average molecular weight is 433 g/mol. The Bertz CT molecular complexity index is 963. The van der Waals surface area contributed by atoms with Gasteiger partial charge in [0.05, 0.1) is 10.8 Å². The van der Waals surface area contributed by atoms with Crippen LogP contribution in [0.2, 0.25) is 0 Å². The van der Waals surface area contributed by atoms with E-state index in [1.165, 1.54) is 5.56 Å². The van der Waals surface area contributed by atoms with Gasteiger partial charge >= 0.3 is 0 Å². The van der Waals surface area contributed by atoms with Gasteiger partial charge in [-0.05, 0) is 49.4 Å². The van der Waals surface area contributed by atoms with Crippen molar-refractivity contribution in [3.05, 3.63) is 41.6 Å². The van der Waals surface area contributed by atoms with Gasteiger partial charge in [0, 0.05) is 32.6 Å². The molecule has 0 saturated carbocycles. The van der Waals surface area contributed by atoms with Crippen molar-refractivity contribution in [3.8, 4) is 0 Å². The molecule has 1 unspecified atom stereocenters. The molecular weight excluding hydrogens is 400 g/mol. The highest BCUT2D eigenvalue weighted by Crippen LogP contribution is 2.49. The van der Waals surface area contributed by atoms with Crippen LogP contribution < -0.4 is 0 Å². The number of benzene rings is 1. The van der Waals surface area contributed by atoms with Gasteiger partial charge in [-0.1, -0.05) is 32.4 Å². The third kappa shape index (κ3) is 3.92. The van der Waals surface area contributed by atoms with Gasteiger partial charge in [0.1, 0.15) is 0 Å². The lowest BCUT2D eigenvalue weighted by Gasteiger charge is -2.41. The molecule has 2 fully saturated rings. The summed E-state index contributed by atoms with van der Waals surface area (Å²) in [5, 5.41) is 8.47. The molecule has 1 aromatic heterocycles. The third-order valence-electron chi connectivity index (χ3n) is 6.72. The zero-order valence-corrected chi connectivity index (χ0v) is 19.0. The first-order chi connectivity index (χ1) is 14.4. The fraction of sp³-hybridized carbons (Fsp3) is 0.636. The second kappa shape index (κ2) is 8.40. The second-order valence-electron chi connectivity index (χ2n) is 8.80. The lowest BCUT2D eigenvalue weighted by molar-refractivity contribution is 0.134. The molecule has 8 heteroatoms. The van der Waals surface area contributed by atoms with Crippen LogP contribution in [0, 0.1) is 5.41 Å². The number of hydrogen-bond donors (Lipinski definition) is 0. The number of likely N-dealkylation sites (N-methyl/N-ethyl adjacent to an activating group) is 1. The minimum absolute atomic E-state index is 0.0106. The van der Waals surface area contributed by atoms with E-state index in [9.17, 15) is 8.42 Å². The van der Waals surface area contributed by atoms with E-state index in [1.54, 1.807) is 16.4 Å². The van der Waals surface area contributed by atoms with Crippen molar-refractivity contribution in [1.29, 1.82) is 0 Å². The van der Waals surface area contributed by atoms with Crippen LogP contribution in [0.5, 0.6) is 0 Å². The standard InChI is InChI=1S/C22H32N4O3S/c1-4-6-17-7-9-18(10-8-17)30(27,28)26-13-11-22(12-14-26)16-25(3)15-19(22)21-24-23-20(5-2)29-21/h7-10,19H,4-6,11-16H2,1-3H3. The van der Waals surface area contributed by atoms with E-state index < -0.39 is 10.0 Å². The Kier molecular flexibility index (Phi) is 6.01. The Morgan fingerprint density at radius 2 is 1.83 bits per heavy atom. The first kappa shape index (κ1) is 21.5. The number of hydrogen-bond acceptors (Lipinski definition) is 6. The zero-order chi connectivity index (χ0) is 21.4. The molecule has 2 aliphatic rings.